The Kier molecular flexibility index (Phi) is 3.28. The molecule has 2 aliphatic rings. The lowest BCUT2D eigenvalue weighted by molar-refractivity contribution is -0.122. The van der Waals surface area contributed by atoms with Gasteiger partial charge in [-0.15, -0.1) is 11.3 Å². The second-order valence-corrected chi connectivity index (χ2v) is 6.04. The van der Waals surface area contributed by atoms with E-state index in [1.54, 1.807) is 0 Å². The van der Waals surface area contributed by atoms with Crippen LogP contribution in [0.3, 0.4) is 0 Å². The molecule has 1 fully saturated rings. The number of amides is 1. The van der Waals surface area contributed by atoms with Gasteiger partial charge < -0.3 is 15.2 Å². The third-order valence-corrected chi connectivity index (χ3v) is 4.87. The molecule has 1 aromatic rings. The first-order valence-corrected chi connectivity index (χ1v) is 7.25. The third kappa shape index (κ3) is 2.26. The minimum Gasteiger partial charge on any atom is -0.478 e. The van der Waals surface area contributed by atoms with E-state index < -0.39 is 5.97 Å². The van der Waals surface area contributed by atoms with E-state index in [-0.39, 0.29) is 17.4 Å². The van der Waals surface area contributed by atoms with Gasteiger partial charge in [0.15, 0.2) is 0 Å². The molecule has 1 aliphatic carbocycles. The fourth-order valence-corrected chi connectivity index (χ4v) is 3.61. The summed E-state index contributed by atoms with van der Waals surface area (Å²) in [6.07, 6.45) is 3.50. The van der Waals surface area contributed by atoms with Crippen LogP contribution in [0.15, 0.2) is 0 Å². The van der Waals surface area contributed by atoms with Gasteiger partial charge in [0.2, 0.25) is 5.91 Å². The molecule has 5 nitrogen and oxygen atoms in total. The van der Waals surface area contributed by atoms with Crippen LogP contribution in [0.25, 0.3) is 0 Å². The first-order chi connectivity index (χ1) is 9.16. The number of rotatable bonds is 3. The SMILES string of the molecule is O=C(O)c1c(NC(=O)C2CCC2)sc2c1CCOC2. The number of anilines is 1. The average molecular weight is 281 g/mol. The Labute approximate surface area is 114 Å². The van der Waals surface area contributed by atoms with Crippen molar-refractivity contribution in [2.75, 3.05) is 11.9 Å². The van der Waals surface area contributed by atoms with Gasteiger partial charge in [0.1, 0.15) is 5.00 Å². The standard InChI is InChI=1S/C13H15NO4S/c15-11(7-2-1-3-7)14-12-10(13(16)17)8-4-5-18-6-9(8)19-12/h7H,1-6H2,(H,14,15)(H,16,17). The summed E-state index contributed by atoms with van der Waals surface area (Å²) in [6, 6.07) is 0. The molecule has 102 valence electrons. The van der Waals surface area contributed by atoms with Crippen molar-refractivity contribution in [3.05, 3.63) is 16.0 Å². The van der Waals surface area contributed by atoms with Gasteiger partial charge in [0.05, 0.1) is 18.8 Å². The monoisotopic (exact) mass is 281 g/mol. The highest BCUT2D eigenvalue weighted by molar-refractivity contribution is 7.17. The number of nitrogens with one attached hydrogen (secondary N) is 1. The fourth-order valence-electron chi connectivity index (χ4n) is 2.43. The molecule has 0 unspecified atom stereocenters. The molecule has 1 aromatic heterocycles. The van der Waals surface area contributed by atoms with Crippen LogP contribution >= 0.6 is 11.3 Å². The lowest BCUT2D eigenvalue weighted by Crippen LogP contribution is -2.28. The zero-order chi connectivity index (χ0) is 13.4. The van der Waals surface area contributed by atoms with Gasteiger partial charge in [-0.1, -0.05) is 6.42 Å². The van der Waals surface area contributed by atoms with Crippen molar-refractivity contribution in [3.8, 4) is 0 Å². The number of hydrogen-bond donors (Lipinski definition) is 2. The zero-order valence-corrected chi connectivity index (χ0v) is 11.2. The molecule has 0 spiro atoms. The van der Waals surface area contributed by atoms with E-state index in [0.29, 0.717) is 24.6 Å². The Balaban J connectivity index is 1.89. The van der Waals surface area contributed by atoms with Crippen LogP contribution in [0, 0.1) is 5.92 Å². The predicted octanol–water partition coefficient (Wildman–Crippen LogP) is 2.26. The molecule has 0 aromatic carbocycles. The number of thiophene rings is 1. The minimum absolute atomic E-state index is 0.0479. The fraction of sp³-hybridized carbons (Fsp3) is 0.538. The summed E-state index contributed by atoms with van der Waals surface area (Å²) in [5.41, 5.74) is 1.09. The molecule has 19 heavy (non-hydrogen) atoms. The van der Waals surface area contributed by atoms with E-state index in [4.69, 9.17) is 4.74 Å². The van der Waals surface area contributed by atoms with Crippen molar-refractivity contribution in [3.63, 3.8) is 0 Å². The van der Waals surface area contributed by atoms with Gasteiger partial charge in [-0.05, 0) is 24.8 Å². The van der Waals surface area contributed by atoms with E-state index in [2.05, 4.69) is 5.32 Å². The normalized spacial score (nSPS) is 18.5. The van der Waals surface area contributed by atoms with E-state index in [0.717, 1.165) is 29.7 Å². The second kappa shape index (κ2) is 4.94. The molecule has 6 heteroatoms. The van der Waals surface area contributed by atoms with E-state index in [9.17, 15) is 14.7 Å². The number of carbonyl (C=O) groups is 2. The highest BCUT2D eigenvalue weighted by atomic mass is 32.1. The summed E-state index contributed by atoms with van der Waals surface area (Å²) >= 11 is 1.33. The summed E-state index contributed by atoms with van der Waals surface area (Å²) in [6.45, 7) is 0.986. The third-order valence-electron chi connectivity index (χ3n) is 3.75. The maximum absolute atomic E-state index is 12.0. The minimum atomic E-state index is -0.969. The quantitative estimate of drug-likeness (QED) is 0.891. The van der Waals surface area contributed by atoms with Crippen molar-refractivity contribution in [2.24, 2.45) is 5.92 Å². The summed E-state index contributed by atoms with van der Waals surface area (Å²) in [5, 5.41) is 12.6. The summed E-state index contributed by atoms with van der Waals surface area (Å²) in [4.78, 5) is 24.3. The van der Waals surface area contributed by atoms with Gasteiger partial charge in [-0.3, -0.25) is 4.79 Å². The van der Waals surface area contributed by atoms with Crippen molar-refractivity contribution in [1.82, 2.24) is 0 Å². The van der Waals surface area contributed by atoms with Crippen molar-refractivity contribution in [2.45, 2.75) is 32.3 Å². The van der Waals surface area contributed by atoms with Gasteiger partial charge in [0.25, 0.3) is 0 Å². The highest BCUT2D eigenvalue weighted by Gasteiger charge is 2.30. The van der Waals surface area contributed by atoms with Crippen LogP contribution < -0.4 is 5.32 Å². The molecule has 0 atom stereocenters. The Morgan fingerprint density at radius 3 is 2.79 bits per heavy atom. The number of hydrogen-bond acceptors (Lipinski definition) is 4. The lowest BCUT2D eigenvalue weighted by atomic mass is 9.85. The van der Waals surface area contributed by atoms with Crippen molar-refractivity contribution in [1.29, 1.82) is 0 Å². The van der Waals surface area contributed by atoms with E-state index in [1.807, 2.05) is 0 Å². The Bertz CT molecular complexity index is 533. The molecule has 2 heterocycles. The van der Waals surface area contributed by atoms with Crippen LogP contribution in [0.2, 0.25) is 0 Å². The Hall–Kier alpha value is -1.40. The number of carboxylic acid groups (broad SMARTS) is 1. The molecule has 0 radical (unpaired) electrons. The average Bonchev–Trinajstić information content (AvgIpc) is 2.63. The van der Waals surface area contributed by atoms with Crippen LogP contribution in [-0.4, -0.2) is 23.6 Å². The molecule has 3 rings (SSSR count). The molecule has 1 amide bonds. The molecule has 1 aliphatic heterocycles. The van der Waals surface area contributed by atoms with Gasteiger partial charge >= 0.3 is 5.97 Å². The van der Waals surface area contributed by atoms with E-state index >= 15 is 0 Å². The number of fused-ring (bicyclic) bond motifs is 1. The molecule has 0 saturated heterocycles. The largest absolute Gasteiger partial charge is 0.478 e. The number of carbonyl (C=O) groups excluding carboxylic acids is 1. The number of carboxylic acids is 1. The van der Waals surface area contributed by atoms with Crippen LogP contribution in [0.1, 0.15) is 40.1 Å². The van der Waals surface area contributed by atoms with E-state index in [1.165, 1.54) is 11.3 Å². The van der Waals surface area contributed by atoms with Crippen molar-refractivity contribution < 1.29 is 19.4 Å². The van der Waals surface area contributed by atoms with Crippen LogP contribution in [0.4, 0.5) is 5.00 Å². The van der Waals surface area contributed by atoms with Crippen LogP contribution in [0.5, 0.6) is 0 Å². The first-order valence-electron chi connectivity index (χ1n) is 6.43. The van der Waals surface area contributed by atoms with Gasteiger partial charge in [-0.2, -0.15) is 0 Å². The summed E-state index contributed by atoms with van der Waals surface area (Å²) in [5.74, 6) is -0.964. The van der Waals surface area contributed by atoms with Gasteiger partial charge in [-0.25, -0.2) is 4.79 Å². The van der Waals surface area contributed by atoms with Crippen LogP contribution in [-0.2, 0) is 22.6 Å². The molecule has 0 bridgehead atoms. The Morgan fingerprint density at radius 2 is 2.16 bits per heavy atom. The predicted molar refractivity (Wildman–Crippen MR) is 70.6 cm³/mol. The first kappa shape index (κ1) is 12.6. The molecule has 2 N–H and O–H groups in total. The topological polar surface area (TPSA) is 75.6 Å². The van der Waals surface area contributed by atoms with Gasteiger partial charge in [0, 0.05) is 10.8 Å². The smallest absolute Gasteiger partial charge is 0.339 e. The zero-order valence-electron chi connectivity index (χ0n) is 10.4. The maximum atomic E-state index is 12.0. The second-order valence-electron chi connectivity index (χ2n) is 4.93. The molecular formula is C13H15NO4S. The molecular weight excluding hydrogens is 266 g/mol. The number of ether oxygens (including phenoxy) is 1. The highest BCUT2D eigenvalue weighted by Crippen LogP contribution is 2.37. The summed E-state index contributed by atoms with van der Waals surface area (Å²) < 4.78 is 5.33. The molecule has 1 saturated carbocycles. The van der Waals surface area contributed by atoms with Crippen molar-refractivity contribution >= 4 is 28.2 Å². The number of aromatic carboxylic acids is 1. The summed E-state index contributed by atoms with van der Waals surface area (Å²) in [7, 11) is 0. The lowest BCUT2D eigenvalue weighted by Gasteiger charge is -2.23. The maximum Gasteiger partial charge on any atom is 0.339 e. The Morgan fingerprint density at radius 1 is 1.37 bits per heavy atom.